The first-order valence-electron chi connectivity index (χ1n) is 7.72. The Bertz CT molecular complexity index is 641. The third kappa shape index (κ3) is 5.32. The Morgan fingerprint density at radius 3 is 2.29 bits per heavy atom. The number of rotatable bonds is 7. The van der Waals surface area contributed by atoms with E-state index in [0.717, 1.165) is 11.6 Å². The fourth-order valence-corrected chi connectivity index (χ4v) is 2.56. The molecule has 0 aliphatic carbocycles. The molecule has 0 aliphatic rings. The van der Waals surface area contributed by atoms with Crippen LogP contribution in [-0.2, 0) is 19.3 Å². The number of alkyl halides is 3. The lowest BCUT2D eigenvalue weighted by molar-refractivity contribution is -0.138. The molecule has 0 unspecified atom stereocenters. The molecule has 24 heavy (non-hydrogen) atoms. The molecule has 2 aromatic rings. The van der Waals surface area contributed by atoms with Crippen molar-refractivity contribution in [1.82, 2.24) is 4.90 Å². The Balaban J connectivity index is 2.23. The van der Waals surface area contributed by atoms with Gasteiger partial charge in [0, 0.05) is 19.6 Å². The number of nitrogens with two attached hydrogens (primary N) is 1. The summed E-state index contributed by atoms with van der Waals surface area (Å²) in [5.74, 6) is -0.886. The van der Waals surface area contributed by atoms with E-state index >= 15 is 0 Å². The quantitative estimate of drug-likeness (QED) is 0.766. The molecule has 0 aromatic heterocycles. The first-order valence-corrected chi connectivity index (χ1v) is 7.72. The summed E-state index contributed by atoms with van der Waals surface area (Å²) in [5, 5.41) is 0. The molecule has 0 bridgehead atoms. The average molecular weight is 340 g/mol. The van der Waals surface area contributed by atoms with Crippen LogP contribution in [-0.4, -0.2) is 18.0 Å². The SMILES string of the molecule is NCCCN(Cc1ccccc1)Cc1ccc(F)cc1C(F)(F)F. The van der Waals surface area contributed by atoms with Gasteiger partial charge >= 0.3 is 6.18 Å². The van der Waals surface area contributed by atoms with Crippen LogP contribution in [0.2, 0.25) is 0 Å². The molecule has 0 heterocycles. The standard InChI is InChI=1S/C18H20F4N2/c19-16-8-7-15(17(11-16)18(20,21)22)13-24(10-4-9-23)12-14-5-2-1-3-6-14/h1-3,5-8,11H,4,9-10,12-13,23H2. The van der Waals surface area contributed by atoms with Gasteiger partial charge in [0.05, 0.1) is 5.56 Å². The third-order valence-electron chi connectivity index (χ3n) is 3.70. The summed E-state index contributed by atoms with van der Waals surface area (Å²) in [4.78, 5) is 1.89. The Hall–Kier alpha value is -1.92. The van der Waals surface area contributed by atoms with Gasteiger partial charge in [-0.05, 0) is 36.2 Å². The van der Waals surface area contributed by atoms with Crippen molar-refractivity contribution >= 4 is 0 Å². The van der Waals surface area contributed by atoms with E-state index in [-0.39, 0.29) is 12.1 Å². The predicted octanol–water partition coefficient (Wildman–Crippen LogP) is 4.20. The highest BCUT2D eigenvalue weighted by molar-refractivity contribution is 5.30. The maximum atomic E-state index is 13.2. The number of nitrogens with zero attached hydrogens (tertiary/aromatic N) is 1. The summed E-state index contributed by atoms with van der Waals surface area (Å²) >= 11 is 0. The van der Waals surface area contributed by atoms with E-state index in [9.17, 15) is 17.6 Å². The Kier molecular flexibility index (Phi) is 6.34. The zero-order chi connectivity index (χ0) is 17.6. The van der Waals surface area contributed by atoms with Crippen molar-refractivity contribution in [2.75, 3.05) is 13.1 Å². The van der Waals surface area contributed by atoms with Crippen molar-refractivity contribution < 1.29 is 17.6 Å². The normalized spacial score (nSPS) is 11.9. The summed E-state index contributed by atoms with van der Waals surface area (Å²) in [7, 11) is 0. The summed E-state index contributed by atoms with van der Waals surface area (Å²) in [6, 6.07) is 12.3. The van der Waals surface area contributed by atoms with Crippen LogP contribution in [0, 0.1) is 5.82 Å². The minimum absolute atomic E-state index is 0.0665. The zero-order valence-electron chi connectivity index (χ0n) is 13.2. The topological polar surface area (TPSA) is 29.3 Å². The molecular formula is C18H20F4N2. The molecule has 0 saturated carbocycles. The minimum atomic E-state index is -4.58. The van der Waals surface area contributed by atoms with Gasteiger partial charge < -0.3 is 5.73 Å². The van der Waals surface area contributed by atoms with Crippen molar-refractivity contribution in [3.05, 3.63) is 71.0 Å². The lowest BCUT2D eigenvalue weighted by atomic mass is 10.1. The zero-order valence-corrected chi connectivity index (χ0v) is 13.2. The number of halogens is 4. The van der Waals surface area contributed by atoms with Gasteiger partial charge in [0.2, 0.25) is 0 Å². The minimum Gasteiger partial charge on any atom is -0.330 e. The highest BCUT2D eigenvalue weighted by atomic mass is 19.4. The highest BCUT2D eigenvalue weighted by Crippen LogP contribution is 2.33. The lowest BCUT2D eigenvalue weighted by Crippen LogP contribution is -2.27. The number of benzene rings is 2. The van der Waals surface area contributed by atoms with Gasteiger partial charge in [-0.1, -0.05) is 36.4 Å². The fourth-order valence-electron chi connectivity index (χ4n) is 2.56. The molecule has 0 radical (unpaired) electrons. The monoisotopic (exact) mass is 340 g/mol. The van der Waals surface area contributed by atoms with Gasteiger partial charge in [0.25, 0.3) is 0 Å². The van der Waals surface area contributed by atoms with Gasteiger partial charge in [-0.3, -0.25) is 4.90 Å². The van der Waals surface area contributed by atoms with Gasteiger partial charge in [-0.25, -0.2) is 4.39 Å². The third-order valence-corrected chi connectivity index (χ3v) is 3.70. The molecule has 0 fully saturated rings. The van der Waals surface area contributed by atoms with Crippen LogP contribution < -0.4 is 5.73 Å². The lowest BCUT2D eigenvalue weighted by Gasteiger charge is -2.24. The molecule has 0 atom stereocenters. The molecule has 0 amide bonds. The van der Waals surface area contributed by atoms with Gasteiger partial charge in [-0.2, -0.15) is 13.2 Å². The second-order valence-corrected chi connectivity index (χ2v) is 5.64. The number of hydrogen-bond acceptors (Lipinski definition) is 2. The van der Waals surface area contributed by atoms with Crippen molar-refractivity contribution in [2.24, 2.45) is 5.73 Å². The summed E-state index contributed by atoms with van der Waals surface area (Å²) in [6.45, 7) is 1.63. The van der Waals surface area contributed by atoms with Crippen LogP contribution in [0.5, 0.6) is 0 Å². The average Bonchev–Trinajstić information content (AvgIpc) is 2.54. The first kappa shape index (κ1) is 18.4. The molecule has 6 heteroatoms. The molecule has 130 valence electrons. The van der Waals surface area contributed by atoms with Crippen LogP contribution in [0.4, 0.5) is 17.6 Å². The largest absolute Gasteiger partial charge is 0.416 e. The second-order valence-electron chi connectivity index (χ2n) is 5.64. The summed E-state index contributed by atoms with van der Waals surface area (Å²) in [5.41, 5.74) is 5.67. The smallest absolute Gasteiger partial charge is 0.330 e. The highest BCUT2D eigenvalue weighted by Gasteiger charge is 2.34. The number of hydrogen-bond donors (Lipinski definition) is 1. The maximum Gasteiger partial charge on any atom is 0.416 e. The molecule has 0 saturated heterocycles. The van der Waals surface area contributed by atoms with E-state index in [1.807, 2.05) is 35.2 Å². The Labute approximate surface area is 138 Å². The van der Waals surface area contributed by atoms with Gasteiger partial charge in [0.1, 0.15) is 5.82 Å². The van der Waals surface area contributed by atoms with Crippen LogP contribution in [0.25, 0.3) is 0 Å². The molecular weight excluding hydrogens is 320 g/mol. The molecule has 2 rings (SSSR count). The predicted molar refractivity (Wildman–Crippen MR) is 85.6 cm³/mol. The first-order chi connectivity index (χ1) is 11.4. The van der Waals surface area contributed by atoms with Crippen molar-refractivity contribution in [1.29, 1.82) is 0 Å². The van der Waals surface area contributed by atoms with Gasteiger partial charge in [0.15, 0.2) is 0 Å². The van der Waals surface area contributed by atoms with E-state index in [1.165, 1.54) is 6.07 Å². The molecule has 2 nitrogen and oxygen atoms in total. The van der Waals surface area contributed by atoms with E-state index in [0.29, 0.717) is 32.1 Å². The van der Waals surface area contributed by atoms with E-state index in [4.69, 9.17) is 5.73 Å². The van der Waals surface area contributed by atoms with E-state index in [1.54, 1.807) is 0 Å². The second kappa shape index (κ2) is 8.26. The molecule has 0 spiro atoms. The molecule has 2 aromatic carbocycles. The molecule has 0 aliphatic heterocycles. The van der Waals surface area contributed by atoms with Crippen LogP contribution in [0.3, 0.4) is 0 Å². The van der Waals surface area contributed by atoms with Crippen molar-refractivity contribution in [3.8, 4) is 0 Å². The van der Waals surface area contributed by atoms with E-state index in [2.05, 4.69) is 0 Å². The van der Waals surface area contributed by atoms with Crippen molar-refractivity contribution in [2.45, 2.75) is 25.7 Å². The Morgan fingerprint density at radius 1 is 0.958 bits per heavy atom. The van der Waals surface area contributed by atoms with Crippen molar-refractivity contribution in [3.63, 3.8) is 0 Å². The van der Waals surface area contributed by atoms with Crippen LogP contribution >= 0.6 is 0 Å². The maximum absolute atomic E-state index is 13.2. The van der Waals surface area contributed by atoms with Gasteiger partial charge in [-0.15, -0.1) is 0 Å². The fraction of sp³-hybridized carbons (Fsp3) is 0.333. The Morgan fingerprint density at radius 2 is 1.67 bits per heavy atom. The van der Waals surface area contributed by atoms with E-state index < -0.39 is 17.6 Å². The van der Waals surface area contributed by atoms with Crippen LogP contribution in [0.15, 0.2) is 48.5 Å². The van der Waals surface area contributed by atoms with Crippen LogP contribution in [0.1, 0.15) is 23.1 Å². The summed E-state index contributed by atoms with van der Waals surface area (Å²) < 4.78 is 52.7. The molecule has 2 N–H and O–H groups in total. The summed E-state index contributed by atoms with van der Waals surface area (Å²) in [6.07, 6.45) is -3.90.